The third kappa shape index (κ3) is 2.35. The van der Waals surface area contributed by atoms with Crippen LogP contribution in [0.4, 0.5) is 5.82 Å². The van der Waals surface area contributed by atoms with E-state index in [0.717, 1.165) is 30.8 Å². The van der Waals surface area contributed by atoms with E-state index in [0.29, 0.717) is 19.8 Å². The van der Waals surface area contributed by atoms with Crippen molar-refractivity contribution in [3.8, 4) is 0 Å². The molecule has 0 aromatic carbocycles. The fourth-order valence-corrected chi connectivity index (χ4v) is 2.94. The molecule has 6 heteroatoms. The first-order valence-electron chi connectivity index (χ1n) is 7.06. The number of carbonyl (C=O) groups excluding carboxylic acids is 1. The van der Waals surface area contributed by atoms with Crippen molar-refractivity contribution in [1.29, 1.82) is 0 Å². The molecule has 20 heavy (non-hydrogen) atoms. The molecule has 6 nitrogen and oxygen atoms in total. The molecule has 1 unspecified atom stereocenters. The highest BCUT2D eigenvalue weighted by atomic mass is 16.5. The minimum Gasteiger partial charge on any atom is -0.467 e. The summed E-state index contributed by atoms with van der Waals surface area (Å²) < 4.78 is 10.3. The molecule has 0 radical (unpaired) electrons. The molecule has 1 fully saturated rings. The topological polar surface area (TPSA) is 64.6 Å². The predicted molar refractivity (Wildman–Crippen MR) is 72.6 cm³/mol. The number of ether oxygens (including phenoxy) is 2. The van der Waals surface area contributed by atoms with Gasteiger partial charge in [0.2, 0.25) is 0 Å². The molecule has 0 saturated carbocycles. The highest BCUT2D eigenvalue weighted by molar-refractivity contribution is 5.80. The first kappa shape index (κ1) is 13.3. The zero-order valence-electron chi connectivity index (χ0n) is 11.7. The molecule has 1 saturated heterocycles. The summed E-state index contributed by atoms with van der Waals surface area (Å²) in [5.41, 5.74) is 2.31. The highest BCUT2D eigenvalue weighted by Gasteiger charge is 2.33. The molecule has 1 aromatic rings. The number of esters is 1. The van der Waals surface area contributed by atoms with E-state index in [1.54, 1.807) is 6.33 Å². The van der Waals surface area contributed by atoms with Gasteiger partial charge in [0.05, 0.1) is 20.3 Å². The van der Waals surface area contributed by atoms with Gasteiger partial charge in [0, 0.05) is 17.8 Å². The lowest BCUT2D eigenvalue weighted by molar-refractivity contribution is -0.144. The second-order valence-electron chi connectivity index (χ2n) is 5.14. The maximum absolute atomic E-state index is 11.9. The molecule has 0 N–H and O–H groups in total. The standard InChI is InChI=1S/C14H19N3O3/c1-19-14(18)12-8-20-7-6-17(12)13-10-4-2-3-5-11(10)15-9-16-13/h9,12H,2-8H2,1H3. The van der Waals surface area contributed by atoms with Gasteiger partial charge >= 0.3 is 5.97 Å². The van der Waals surface area contributed by atoms with Crippen molar-refractivity contribution in [1.82, 2.24) is 9.97 Å². The summed E-state index contributed by atoms with van der Waals surface area (Å²) in [5.74, 6) is 0.612. The summed E-state index contributed by atoms with van der Waals surface area (Å²) in [7, 11) is 1.41. The van der Waals surface area contributed by atoms with Crippen LogP contribution in [-0.4, -0.2) is 48.8 Å². The number of aryl methyl sites for hydroxylation is 1. The second-order valence-corrected chi connectivity index (χ2v) is 5.14. The number of aromatic nitrogens is 2. The Morgan fingerprint density at radius 3 is 3.10 bits per heavy atom. The van der Waals surface area contributed by atoms with Gasteiger partial charge in [-0.1, -0.05) is 0 Å². The maximum atomic E-state index is 11.9. The first-order valence-corrected chi connectivity index (χ1v) is 7.06. The number of morpholine rings is 1. The van der Waals surface area contributed by atoms with E-state index in [1.165, 1.54) is 19.1 Å². The van der Waals surface area contributed by atoms with Crippen molar-refractivity contribution in [2.24, 2.45) is 0 Å². The van der Waals surface area contributed by atoms with Crippen LogP contribution in [0.3, 0.4) is 0 Å². The lowest BCUT2D eigenvalue weighted by Gasteiger charge is -2.36. The lowest BCUT2D eigenvalue weighted by Crippen LogP contribution is -2.51. The molecule has 3 rings (SSSR count). The number of nitrogens with zero attached hydrogens (tertiary/aromatic N) is 3. The van der Waals surface area contributed by atoms with E-state index in [4.69, 9.17) is 9.47 Å². The summed E-state index contributed by atoms with van der Waals surface area (Å²) in [6.07, 6.45) is 5.91. The Balaban J connectivity index is 1.95. The number of anilines is 1. The molecule has 108 valence electrons. The molecule has 1 atom stereocenters. The molecule has 1 aliphatic carbocycles. The highest BCUT2D eigenvalue weighted by Crippen LogP contribution is 2.29. The van der Waals surface area contributed by atoms with Crippen LogP contribution in [0.25, 0.3) is 0 Å². The van der Waals surface area contributed by atoms with E-state index in [2.05, 4.69) is 9.97 Å². The number of rotatable bonds is 2. The van der Waals surface area contributed by atoms with Crippen LogP contribution in [0, 0.1) is 0 Å². The van der Waals surface area contributed by atoms with Gasteiger partial charge in [0.15, 0.2) is 6.04 Å². The van der Waals surface area contributed by atoms with Gasteiger partial charge in [-0.15, -0.1) is 0 Å². The zero-order chi connectivity index (χ0) is 13.9. The Morgan fingerprint density at radius 1 is 1.40 bits per heavy atom. The van der Waals surface area contributed by atoms with Crippen molar-refractivity contribution < 1.29 is 14.3 Å². The number of methoxy groups -OCH3 is 1. The zero-order valence-corrected chi connectivity index (χ0v) is 11.7. The van der Waals surface area contributed by atoms with Gasteiger partial charge < -0.3 is 14.4 Å². The molecule has 0 amide bonds. The normalized spacial score (nSPS) is 22.2. The minimum absolute atomic E-state index is 0.270. The summed E-state index contributed by atoms with van der Waals surface area (Å²) in [6, 6.07) is -0.408. The Kier molecular flexibility index (Phi) is 3.82. The Bertz CT molecular complexity index is 506. The van der Waals surface area contributed by atoms with Gasteiger partial charge in [0.25, 0.3) is 0 Å². The van der Waals surface area contributed by atoms with Crippen LogP contribution in [0.5, 0.6) is 0 Å². The molecule has 0 spiro atoms. The molecular formula is C14H19N3O3. The number of carbonyl (C=O) groups is 1. The fourth-order valence-electron chi connectivity index (χ4n) is 2.94. The van der Waals surface area contributed by atoms with E-state index < -0.39 is 6.04 Å². The third-order valence-corrected chi connectivity index (χ3v) is 3.98. The Hall–Kier alpha value is -1.69. The summed E-state index contributed by atoms with van der Waals surface area (Å²) in [6.45, 7) is 1.61. The van der Waals surface area contributed by atoms with Gasteiger partial charge in [-0.25, -0.2) is 14.8 Å². The van der Waals surface area contributed by atoms with Gasteiger partial charge in [-0.05, 0) is 25.7 Å². The maximum Gasteiger partial charge on any atom is 0.330 e. The van der Waals surface area contributed by atoms with Crippen LogP contribution in [-0.2, 0) is 27.1 Å². The van der Waals surface area contributed by atoms with Crippen LogP contribution in [0.15, 0.2) is 6.33 Å². The average Bonchev–Trinajstić information content (AvgIpc) is 2.53. The number of fused-ring (bicyclic) bond motifs is 1. The van der Waals surface area contributed by atoms with E-state index in [9.17, 15) is 4.79 Å². The van der Waals surface area contributed by atoms with Crippen LogP contribution in [0.2, 0.25) is 0 Å². The largest absolute Gasteiger partial charge is 0.467 e. The van der Waals surface area contributed by atoms with E-state index in [1.807, 2.05) is 4.90 Å². The quantitative estimate of drug-likeness (QED) is 0.743. The molecule has 2 aliphatic rings. The van der Waals surface area contributed by atoms with Gasteiger partial charge in [0.1, 0.15) is 12.1 Å². The summed E-state index contributed by atoms with van der Waals surface area (Å²) >= 11 is 0. The van der Waals surface area contributed by atoms with Crippen LogP contribution < -0.4 is 4.90 Å². The van der Waals surface area contributed by atoms with Crippen molar-refractivity contribution in [3.63, 3.8) is 0 Å². The molecule has 1 aromatic heterocycles. The van der Waals surface area contributed by atoms with Crippen LogP contribution in [0.1, 0.15) is 24.1 Å². The molecule has 2 heterocycles. The van der Waals surface area contributed by atoms with E-state index >= 15 is 0 Å². The van der Waals surface area contributed by atoms with Crippen LogP contribution >= 0.6 is 0 Å². The molecular weight excluding hydrogens is 258 g/mol. The lowest BCUT2D eigenvalue weighted by atomic mass is 9.96. The van der Waals surface area contributed by atoms with Crippen molar-refractivity contribution in [2.75, 3.05) is 31.8 Å². The van der Waals surface area contributed by atoms with Crippen molar-refractivity contribution in [2.45, 2.75) is 31.7 Å². The number of hydrogen-bond donors (Lipinski definition) is 0. The molecule has 1 aliphatic heterocycles. The SMILES string of the molecule is COC(=O)C1COCCN1c1ncnc2c1CCCC2. The minimum atomic E-state index is -0.408. The average molecular weight is 277 g/mol. The fraction of sp³-hybridized carbons (Fsp3) is 0.643. The predicted octanol–water partition coefficient (Wildman–Crippen LogP) is 0.734. The smallest absolute Gasteiger partial charge is 0.330 e. The number of hydrogen-bond acceptors (Lipinski definition) is 6. The molecule has 0 bridgehead atoms. The van der Waals surface area contributed by atoms with Gasteiger partial charge in [-0.3, -0.25) is 0 Å². The van der Waals surface area contributed by atoms with Crippen molar-refractivity contribution >= 4 is 11.8 Å². The Morgan fingerprint density at radius 2 is 2.25 bits per heavy atom. The monoisotopic (exact) mass is 277 g/mol. The Labute approximate surface area is 118 Å². The van der Waals surface area contributed by atoms with Crippen molar-refractivity contribution in [3.05, 3.63) is 17.6 Å². The summed E-state index contributed by atoms with van der Waals surface area (Å²) in [4.78, 5) is 22.8. The summed E-state index contributed by atoms with van der Waals surface area (Å²) in [5, 5.41) is 0. The third-order valence-electron chi connectivity index (χ3n) is 3.98. The van der Waals surface area contributed by atoms with E-state index in [-0.39, 0.29) is 5.97 Å². The van der Waals surface area contributed by atoms with Gasteiger partial charge in [-0.2, -0.15) is 0 Å². The second kappa shape index (κ2) is 5.75. The first-order chi connectivity index (χ1) is 9.81.